The summed E-state index contributed by atoms with van der Waals surface area (Å²) >= 11 is 5.51. The van der Waals surface area contributed by atoms with E-state index in [1.165, 1.54) is 5.56 Å². The third kappa shape index (κ3) is 4.58. The number of benzene rings is 3. The summed E-state index contributed by atoms with van der Waals surface area (Å²) in [6.45, 7) is 2.15. The zero-order valence-corrected chi connectivity index (χ0v) is 15.0. The van der Waals surface area contributed by atoms with E-state index in [0.717, 1.165) is 23.5 Å². The Morgan fingerprint density at radius 1 is 0.800 bits per heavy atom. The maximum absolute atomic E-state index is 5.51. The molecule has 0 heterocycles. The SMILES string of the molecule is CCc1ccc(NC(=S)NN(c2ccccc2)c2ccccc2)cc1. The van der Waals surface area contributed by atoms with E-state index in [1.54, 1.807) is 0 Å². The molecule has 0 fully saturated rings. The van der Waals surface area contributed by atoms with Crippen LogP contribution < -0.4 is 15.8 Å². The molecule has 0 amide bonds. The minimum Gasteiger partial charge on any atom is -0.331 e. The number of hydrogen-bond donors (Lipinski definition) is 2. The van der Waals surface area contributed by atoms with Crippen LogP contribution in [0.25, 0.3) is 0 Å². The number of hydrazine groups is 1. The Morgan fingerprint density at radius 3 is 1.80 bits per heavy atom. The second-order valence-electron chi connectivity index (χ2n) is 5.62. The van der Waals surface area contributed by atoms with Gasteiger partial charge in [0.25, 0.3) is 0 Å². The smallest absolute Gasteiger partial charge is 0.190 e. The number of nitrogens with zero attached hydrogens (tertiary/aromatic N) is 1. The van der Waals surface area contributed by atoms with Crippen LogP contribution in [0.4, 0.5) is 17.1 Å². The van der Waals surface area contributed by atoms with Crippen LogP contribution in [0.1, 0.15) is 12.5 Å². The number of thiocarbonyl (C=S) groups is 1. The average molecular weight is 347 g/mol. The second kappa shape index (κ2) is 8.31. The molecule has 3 aromatic rings. The summed E-state index contributed by atoms with van der Waals surface area (Å²) in [5.41, 5.74) is 7.58. The third-order valence-electron chi connectivity index (χ3n) is 3.86. The molecule has 0 radical (unpaired) electrons. The highest BCUT2D eigenvalue weighted by molar-refractivity contribution is 7.80. The number of anilines is 3. The van der Waals surface area contributed by atoms with Gasteiger partial charge in [0.05, 0.1) is 11.4 Å². The van der Waals surface area contributed by atoms with Gasteiger partial charge in [-0.1, -0.05) is 55.5 Å². The molecule has 0 aliphatic heterocycles. The Balaban J connectivity index is 1.76. The predicted molar refractivity (Wildman–Crippen MR) is 110 cm³/mol. The molecule has 0 spiro atoms. The third-order valence-corrected chi connectivity index (χ3v) is 4.06. The van der Waals surface area contributed by atoms with Crippen molar-refractivity contribution in [2.45, 2.75) is 13.3 Å². The van der Waals surface area contributed by atoms with Gasteiger partial charge in [-0.05, 0) is 60.6 Å². The lowest BCUT2D eigenvalue weighted by molar-refractivity contribution is 0.943. The lowest BCUT2D eigenvalue weighted by Gasteiger charge is -2.27. The maximum atomic E-state index is 5.51. The zero-order chi connectivity index (χ0) is 17.5. The molecule has 3 nitrogen and oxygen atoms in total. The van der Waals surface area contributed by atoms with Crippen LogP contribution >= 0.6 is 12.2 Å². The van der Waals surface area contributed by atoms with E-state index in [2.05, 4.69) is 29.8 Å². The summed E-state index contributed by atoms with van der Waals surface area (Å²) in [7, 11) is 0. The molecule has 25 heavy (non-hydrogen) atoms. The minimum atomic E-state index is 0.539. The Hall–Kier alpha value is -2.85. The molecule has 0 aromatic heterocycles. The van der Waals surface area contributed by atoms with Crippen LogP contribution in [-0.2, 0) is 6.42 Å². The number of hydrogen-bond acceptors (Lipinski definition) is 2. The molecule has 3 rings (SSSR count). The van der Waals surface area contributed by atoms with Crippen LogP contribution in [0, 0.1) is 0 Å². The molecule has 0 saturated heterocycles. The molecule has 3 aromatic carbocycles. The Labute approximate surface area is 154 Å². The Bertz CT molecular complexity index is 762. The molecular weight excluding hydrogens is 326 g/mol. The Morgan fingerprint density at radius 2 is 1.32 bits per heavy atom. The predicted octanol–water partition coefficient (Wildman–Crippen LogP) is 5.29. The maximum Gasteiger partial charge on any atom is 0.190 e. The van der Waals surface area contributed by atoms with Crippen molar-refractivity contribution in [2.75, 3.05) is 10.3 Å². The van der Waals surface area contributed by atoms with Crippen molar-refractivity contribution in [3.05, 3.63) is 90.5 Å². The van der Waals surface area contributed by atoms with E-state index in [9.17, 15) is 0 Å². The Kier molecular flexibility index (Phi) is 5.65. The molecule has 0 aliphatic carbocycles. The first-order valence-electron chi connectivity index (χ1n) is 8.33. The van der Waals surface area contributed by atoms with Gasteiger partial charge < -0.3 is 5.32 Å². The molecule has 0 atom stereocenters. The average Bonchev–Trinajstić information content (AvgIpc) is 2.68. The van der Waals surface area contributed by atoms with Gasteiger partial charge in [-0.15, -0.1) is 0 Å². The summed E-state index contributed by atoms with van der Waals surface area (Å²) in [6, 6.07) is 28.5. The highest BCUT2D eigenvalue weighted by Gasteiger charge is 2.10. The topological polar surface area (TPSA) is 27.3 Å². The largest absolute Gasteiger partial charge is 0.331 e. The van der Waals surface area contributed by atoms with Crippen molar-refractivity contribution < 1.29 is 0 Å². The lowest BCUT2D eigenvalue weighted by atomic mass is 10.1. The van der Waals surface area contributed by atoms with Gasteiger partial charge >= 0.3 is 0 Å². The van der Waals surface area contributed by atoms with E-state index in [4.69, 9.17) is 12.2 Å². The molecular formula is C21H21N3S. The normalized spacial score (nSPS) is 10.1. The summed E-state index contributed by atoms with van der Waals surface area (Å²) < 4.78 is 0. The van der Waals surface area contributed by atoms with Crippen molar-refractivity contribution in [1.82, 2.24) is 5.43 Å². The van der Waals surface area contributed by atoms with Gasteiger partial charge in [-0.2, -0.15) is 0 Å². The number of aryl methyl sites for hydroxylation is 1. The molecule has 0 aliphatic rings. The lowest BCUT2D eigenvalue weighted by Crippen LogP contribution is -2.41. The molecule has 0 saturated carbocycles. The first-order chi connectivity index (χ1) is 12.3. The first-order valence-corrected chi connectivity index (χ1v) is 8.74. The van der Waals surface area contributed by atoms with Gasteiger partial charge in [0.15, 0.2) is 5.11 Å². The fourth-order valence-electron chi connectivity index (χ4n) is 2.52. The number of para-hydroxylation sites is 2. The zero-order valence-electron chi connectivity index (χ0n) is 14.1. The summed E-state index contributed by atoms with van der Waals surface area (Å²) in [5.74, 6) is 0. The quantitative estimate of drug-likeness (QED) is 0.484. The summed E-state index contributed by atoms with van der Waals surface area (Å²) in [5, 5.41) is 5.75. The molecule has 0 bridgehead atoms. The summed E-state index contributed by atoms with van der Waals surface area (Å²) in [4.78, 5) is 0. The van der Waals surface area contributed by atoms with E-state index in [0.29, 0.717) is 5.11 Å². The van der Waals surface area contributed by atoms with Gasteiger partial charge in [0.1, 0.15) is 0 Å². The number of nitrogens with one attached hydrogen (secondary N) is 2. The van der Waals surface area contributed by atoms with E-state index in [-0.39, 0.29) is 0 Å². The van der Waals surface area contributed by atoms with Crippen LogP contribution in [0.2, 0.25) is 0 Å². The van der Waals surface area contributed by atoms with Crippen molar-refractivity contribution in [1.29, 1.82) is 0 Å². The fraction of sp³-hybridized carbons (Fsp3) is 0.0952. The van der Waals surface area contributed by atoms with E-state index < -0.39 is 0 Å². The van der Waals surface area contributed by atoms with Crippen LogP contribution in [0.5, 0.6) is 0 Å². The van der Waals surface area contributed by atoms with Crippen molar-refractivity contribution in [3.63, 3.8) is 0 Å². The van der Waals surface area contributed by atoms with E-state index >= 15 is 0 Å². The molecule has 126 valence electrons. The van der Waals surface area contributed by atoms with Crippen LogP contribution in [0.3, 0.4) is 0 Å². The fourth-order valence-corrected chi connectivity index (χ4v) is 2.73. The minimum absolute atomic E-state index is 0.539. The van der Waals surface area contributed by atoms with Gasteiger partial charge in [-0.3, -0.25) is 10.4 Å². The van der Waals surface area contributed by atoms with E-state index in [1.807, 2.05) is 77.8 Å². The van der Waals surface area contributed by atoms with Crippen molar-refractivity contribution in [3.8, 4) is 0 Å². The monoisotopic (exact) mass is 347 g/mol. The molecule has 4 heteroatoms. The highest BCUT2D eigenvalue weighted by atomic mass is 32.1. The van der Waals surface area contributed by atoms with Gasteiger partial charge in [0.2, 0.25) is 0 Å². The van der Waals surface area contributed by atoms with Crippen LogP contribution in [-0.4, -0.2) is 5.11 Å². The van der Waals surface area contributed by atoms with Crippen molar-refractivity contribution >= 4 is 34.4 Å². The second-order valence-corrected chi connectivity index (χ2v) is 6.03. The highest BCUT2D eigenvalue weighted by Crippen LogP contribution is 2.22. The van der Waals surface area contributed by atoms with Crippen molar-refractivity contribution in [2.24, 2.45) is 0 Å². The molecule has 0 unspecified atom stereocenters. The first kappa shape index (κ1) is 17.0. The van der Waals surface area contributed by atoms with Gasteiger partial charge in [0, 0.05) is 5.69 Å². The van der Waals surface area contributed by atoms with Gasteiger partial charge in [-0.25, -0.2) is 0 Å². The molecule has 2 N–H and O–H groups in total. The standard InChI is InChI=1S/C21H21N3S/c1-2-17-13-15-18(16-14-17)22-21(25)23-24(19-9-5-3-6-10-19)20-11-7-4-8-12-20/h3-16H,2H2,1H3,(H2,22,23,25). The summed E-state index contributed by atoms with van der Waals surface area (Å²) in [6.07, 6.45) is 1.03. The number of rotatable bonds is 5. The van der Waals surface area contributed by atoms with Crippen LogP contribution in [0.15, 0.2) is 84.9 Å².